The lowest BCUT2D eigenvalue weighted by atomic mass is 10.0. The van der Waals surface area contributed by atoms with Crippen molar-refractivity contribution in [3.8, 4) is 17.3 Å². The third kappa shape index (κ3) is 1.53. The molecule has 3 heteroatoms. The Morgan fingerprint density at radius 1 is 1.29 bits per heavy atom. The van der Waals surface area contributed by atoms with Crippen molar-refractivity contribution in [1.29, 1.82) is 5.26 Å². The molecule has 0 bridgehead atoms. The zero-order chi connectivity index (χ0) is 11.8. The van der Waals surface area contributed by atoms with Crippen LogP contribution in [0.25, 0.3) is 11.3 Å². The molecule has 0 unspecified atom stereocenters. The van der Waals surface area contributed by atoms with E-state index in [0.717, 1.165) is 17.7 Å². The summed E-state index contributed by atoms with van der Waals surface area (Å²) in [5.41, 5.74) is 5.40. The maximum atomic E-state index is 9.06. The van der Waals surface area contributed by atoms with Crippen molar-refractivity contribution >= 4 is 0 Å². The molecule has 1 heterocycles. The normalized spacial score (nSPS) is 13.4. The van der Waals surface area contributed by atoms with E-state index < -0.39 is 0 Å². The highest BCUT2D eigenvalue weighted by molar-refractivity contribution is 5.67. The minimum Gasteiger partial charge on any atom is -0.333 e. The monoisotopic (exact) mass is 223 g/mol. The molecule has 3 rings (SSSR count). The molecular weight excluding hydrogens is 210 g/mol. The minimum absolute atomic E-state index is 0.505. The lowest BCUT2D eigenvalue weighted by Gasteiger charge is -2.06. The Labute approximate surface area is 100 Å². The van der Waals surface area contributed by atoms with Gasteiger partial charge in [0.1, 0.15) is 6.07 Å². The Morgan fingerprint density at radius 2 is 2.12 bits per heavy atom. The van der Waals surface area contributed by atoms with Gasteiger partial charge in [-0.3, -0.25) is 0 Å². The Kier molecular flexibility index (Phi) is 2.22. The van der Waals surface area contributed by atoms with E-state index in [-0.39, 0.29) is 0 Å². The molecule has 0 radical (unpaired) electrons. The zero-order valence-corrected chi connectivity index (χ0v) is 9.77. The van der Waals surface area contributed by atoms with Crippen LogP contribution < -0.4 is 0 Å². The fourth-order valence-corrected chi connectivity index (χ4v) is 2.57. The number of aromatic nitrogens is 2. The first kappa shape index (κ1) is 10.1. The predicted octanol–water partition coefficient (Wildman–Crippen LogP) is 2.45. The molecule has 1 aromatic carbocycles. The molecule has 1 aliphatic rings. The van der Waals surface area contributed by atoms with Gasteiger partial charge >= 0.3 is 0 Å². The lowest BCUT2D eigenvalue weighted by Crippen LogP contribution is -1.93. The molecule has 0 saturated carbocycles. The molecule has 1 aliphatic carbocycles. The van der Waals surface area contributed by atoms with E-state index in [2.05, 4.69) is 29.3 Å². The largest absolute Gasteiger partial charge is 0.333 e. The standard InChI is InChI=1S/C14H13N3/c1-17-9-16-13(8-15)14(17)12-6-5-10-3-2-4-11(10)7-12/h5-7,9H,2-4H2,1H3. The van der Waals surface area contributed by atoms with Gasteiger partial charge in [0.05, 0.1) is 12.0 Å². The Morgan fingerprint density at radius 3 is 2.94 bits per heavy atom. The van der Waals surface area contributed by atoms with E-state index in [9.17, 15) is 0 Å². The molecule has 17 heavy (non-hydrogen) atoms. The average molecular weight is 223 g/mol. The van der Waals surface area contributed by atoms with Crippen LogP contribution in [0, 0.1) is 11.3 Å². The van der Waals surface area contributed by atoms with E-state index in [4.69, 9.17) is 5.26 Å². The van der Waals surface area contributed by atoms with Crippen LogP contribution >= 0.6 is 0 Å². The molecule has 0 saturated heterocycles. The molecule has 0 spiro atoms. The van der Waals surface area contributed by atoms with E-state index in [1.807, 2.05) is 11.6 Å². The van der Waals surface area contributed by atoms with Gasteiger partial charge in [-0.1, -0.05) is 12.1 Å². The molecule has 3 nitrogen and oxygen atoms in total. The molecule has 0 N–H and O–H groups in total. The Bertz CT molecular complexity index is 617. The van der Waals surface area contributed by atoms with Crippen LogP contribution in [0.2, 0.25) is 0 Å². The van der Waals surface area contributed by atoms with Crippen LogP contribution in [0.4, 0.5) is 0 Å². The van der Waals surface area contributed by atoms with E-state index >= 15 is 0 Å². The maximum absolute atomic E-state index is 9.06. The highest BCUT2D eigenvalue weighted by atomic mass is 15.0. The highest BCUT2D eigenvalue weighted by Gasteiger charge is 2.15. The predicted molar refractivity (Wildman–Crippen MR) is 65.4 cm³/mol. The summed E-state index contributed by atoms with van der Waals surface area (Å²) in [5.74, 6) is 0. The third-order valence-electron chi connectivity index (χ3n) is 3.41. The molecule has 1 aromatic heterocycles. The molecule has 0 fully saturated rings. The quantitative estimate of drug-likeness (QED) is 0.745. The van der Waals surface area contributed by atoms with Crippen molar-refractivity contribution in [2.75, 3.05) is 0 Å². The molecular formula is C14H13N3. The van der Waals surface area contributed by atoms with Crippen molar-refractivity contribution in [3.05, 3.63) is 41.3 Å². The van der Waals surface area contributed by atoms with Crippen molar-refractivity contribution in [3.63, 3.8) is 0 Å². The third-order valence-corrected chi connectivity index (χ3v) is 3.41. The van der Waals surface area contributed by atoms with Gasteiger partial charge in [-0.2, -0.15) is 5.26 Å². The number of hydrogen-bond donors (Lipinski definition) is 0. The van der Waals surface area contributed by atoms with Gasteiger partial charge < -0.3 is 4.57 Å². The van der Waals surface area contributed by atoms with Crippen molar-refractivity contribution < 1.29 is 0 Å². The summed E-state index contributed by atoms with van der Waals surface area (Å²) < 4.78 is 1.91. The first-order valence-electron chi connectivity index (χ1n) is 5.83. The minimum atomic E-state index is 0.505. The van der Waals surface area contributed by atoms with Crippen LogP contribution in [0.15, 0.2) is 24.5 Å². The topological polar surface area (TPSA) is 41.6 Å². The van der Waals surface area contributed by atoms with Crippen molar-refractivity contribution in [2.24, 2.45) is 7.05 Å². The first-order chi connectivity index (χ1) is 8.29. The van der Waals surface area contributed by atoms with E-state index in [1.165, 1.54) is 24.0 Å². The number of nitriles is 1. The van der Waals surface area contributed by atoms with Gasteiger partial charge in [0.15, 0.2) is 5.69 Å². The number of imidazole rings is 1. The van der Waals surface area contributed by atoms with Gasteiger partial charge in [-0.25, -0.2) is 4.98 Å². The number of aryl methyl sites for hydroxylation is 3. The van der Waals surface area contributed by atoms with E-state index in [1.54, 1.807) is 6.33 Å². The summed E-state index contributed by atoms with van der Waals surface area (Å²) in [6.07, 6.45) is 5.28. The first-order valence-corrected chi connectivity index (χ1v) is 5.83. The summed E-state index contributed by atoms with van der Waals surface area (Å²) in [6.45, 7) is 0. The van der Waals surface area contributed by atoms with E-state index in [0.29, 0.717) is 5.69 Å². The number of benzene rings is 1. The fraction of sp³-hybridized carbons (Fsp3) is 0.286. The number of rotatable bonds is 1. The van der Waals surface area contributed by atoms with Crippen LogP contribution in [0.3, 0.4) is 0 Å². The second kappa shape index (κ2) is 3.74. The van der Waals surface area contributed by atoms with Gasteiger partial charge in [-0.05, 0) is 36.5 Å². The summed E-state index contributed by atoms with van der Waals surface area (Å²) >= 11 is 0. The fourth-order valence-electron chi connectivity index (χ4n) is 2.57. The van der Waals surface area contributed by atoms with Crippen molar-refractivity contribution in [1.82, 2.24) is 9.55 Å². The Balaban J connectivity index is 2.16. The number of fused-ring (bicyclic) bond motifs is 1. The second-order valence-corrected chi connectivity index (χ2v) is 4.50. The Hall–Kier alpha value is -2.08. The molecule has 2 aromatic rings. The number of nitrogens with zero attached hydrogens (tertiary/aromatic N) is 3. The molecule has 0 amide bonds. The van der Waals surface area contributed by atoms with Gasteiger partial charge in [0.25, 0.3) is 0 Å². The van der Waals surface area contributed by atoms with Gasteiger partial charge in [0, 0.05) is 12.6 Å². The SMILES string of the molecule is Cn1cnc(C#N)c1-c1ccc2c(c1)CCC2. The van der Waals surface area contributed by atoms with Crippen LogP contribution in [-0.2, 0) is 19.9 Å². The van der Waals surface area contributed by atoms with Crippen LogP contribution in [0.1, 0.15) is 23.2 Å². The zero-order valence-electron chi connectivity index (χ0n) is 9.77. The molecule has 0 aliphatic heterocycles. The molecule has 84 valence electrons. The summed E-state index contributed by atoms with van der Waals surface area (Å²) in [7, 11) is 1.93. The van der Waals surface area contributed by atoms with Gasteiger partial charge in [-0.15, -0.1) is 0 Å². The van der Waals surface area contributed by atoms with Crippen molar-refractivity contribution in [2.45, 2.75) is 19.3 Å². The summed E-state index contributed by atoms with van der Waals surface area (Å²) in [6, 6.07) is 8.64. The summed E-state index contributed by atoms with van der Waals surface area (Å²) in [5, 5.41) is 9.06. The number of hydrogen-bond acceptors (Lipinski definition) is 2. The highest BCUT2D eigenvalue weighted by Crippen LogP contribution is 2.29. The van der Waals surface area contributed by atoms with Crippen LogP contribution in [-0.4, -0.2) is 9.55 Å². The summed E-state index contributed by atoms with van der Waals surface area (Å²) in [4.78, 5) is 4.11. The molecule has 0 atom stereocenters. The van der Waals surface area contributed by atoms with Gasteiger partial charge in [0.2, 0.25) is 0 Å². The second-order valence-electron chi connectivity index (χ2n) is 4.50. The lowest BCUT2D eigenvalue weighted by molar-refractivity contribution is 0.911. The maximum Gasteiger partial charge on any atom is 0.166 e. The van der Waals surface area contributed by atoms with Crippen LogP contribution in [0.5, 0.6) is 0 Å². The average Bonchev–Trinajstić information content (AvgIpc) is 2.93. The smallest absolute Gasteiger partial charge is 0.166 e.